The number of carbonyl (C=O) groups excluding carboxylic acids is 2. The number of thioether (sulfide) groups is 1. The second-order valence-electron chi connectivity index (χ2n) is 6.77. The van der Waals surface area contributed by atoms with E-state index in [0.29, 0.717) is 4.91 Å². The van der Waals surface area contributed by atoms with Crippen LogP contribution in [0.3, 0.4) is 0 Å². The highest BCUT2D eigenvalue weighted by molar-refractivity contribution is 8.04. The van der Waals surface area contributed by atoms with Gasteiger partial charge in [-0.05, 0) is 42.3 Å². The van der Waals surface area contributed by atoms with Gasteiger partial charge in [0.15, 0.2) is 0 Å². The summed E-state index contributed by atoms with van der Waals surface area (Å²) in [6, 6.07) is 22.0. The summed E-state index contributed by atoms with van der Waals surface area (Å²) in [5.41, 5.74) is 2.30. The van der Waals surface area contributed by atoms with E-state index < -0.39 is 11.8 Å². The van der Waals surface area contributed by atoms with Crippen LogP contribution in [-0.2, 0) is 16.0 Å². The van der Waals surface area contributed by atoms with E-state index in [0.717, 1.165) is 27.5 Å². The van der Waals surface area contributed by atoms with Crippen molar-refractivity contribution < 1.29 is 9.59 Å². The van der Waals surface area contributed by atoms with Crippen LogP contribution < -0.4 is 10.2 Å². The van der Waals surface area contributed by atoms with Crippen molar-refractivity contribution in [2.24, 2.45) is 0 Å². The summed E-state index contributed by atoms with van der Waals surface area (Å²) in [5.74, 6) is -0.919. The second-order valence-corrected chi connectivity index (χ2v) is 8.64. The third-order valence-electron chi connectivity index (χ3n) is 4.83. The van der Waals surface area contributed by atoms with Gasteiger partial charge in [-0.3, -0.25) is 9.59 Å². The zero-order valence-corrected chi connectivity index (χ0v) is 18.9. The first-order valence-electron chi connectivity index (χ1n) is 9.66. The second kappa shape index (κ2) is 9.18. The van der Waals surface area contributed by atoms with Crippen molar-refractivity contribution in [1.29, 1.82) is 0 Å². The molecule has 0 fully saturated rings. The normalized spacial score (nSPS) is 13.8. The van der Waals surface area contributed by atoms with Gasteiger partial charge < -0.3 is 5.32 Å². The van der Waals surface area contributed by atoms with Gasteiger partial charge in [0.05, 0.1) is 15.7 Å². The standard InChI is InChI=1S/C24H18Cl2N2O2S/c1-2-15-9-6-7-13-18(15)27-21-22(31-16-10-4-3-5-11-16)24(30)28(23(21)29)19-14-8-12-17(25)20(19)26/h3-14,27H,2H2,1H3. The van der Waals surface area contributed by atoms with Crippen molar-refractivity contribution >= 4 is 58.2 Å². The van der Waals surface area contributed by atoms with Gasteiger partial charge in [0.25, 0.3) is 11.8 Å². The fraction of sp³-hybridized carbons (Fsp3) is 0.0833. The lowest BCUT2D eigenvalue weighted by molar-refractivity contribution is -0.120. The Morgan fingerprint density at radius 1 is 0.871 bits per heavy atom. The molecule has 0 spiro atoms. The van der Waals surface area contributed by atoms with Crippen LogP contribution in [0.15, 0.2) is 88.3 Å². The quantitative estimate of drug-likeness (QED) is 0.416. The number of imide groups is 1. The largest absolute Gasteiger partial charge is 0.350 e. The van der Waals surface area contributed by atoms with Crippen LogP contribution in [0.25, 0.3) is 0 Å². The van der Waals surface area contributed by atoms with Crippen LogP contribution in [0.4, 0.5) is 11.4 Å². The summed E-state index contributed by atoms with van der Waals surface area (Å²) >= 11 is 13.7. The summed E-state index contributed by atoms with van der Waals surface area (Å²) in [7, 11) is 0. The van der Waals surface area contributed by atoms with Gasteiger partial charge >= 0.3 is 0 Å². The van der Waals surface area contributed by atoms with E-state index in [4.69, 9.17) is 23.2 Å². The fourth-order valence-electron chi connectivity index (χ4n) is 3.29. The molecule has 0 aliphatic carbocycles. The number of anilines is 2. The third kappa shape index (κ3) is 4.22. The van der Waals surface area contributed by atoms with Crippen molar-refractivity contribution in [3.8, 4) is 0 Å². The highest BCUT2D eigenvalue weighted by atomic mass is 35.5. The lowest BCUT2D eigenvalue weighted by Gasteiger charge is -2.17. The molecule has 0 aromatic heterocycles. The molecule has 0 unspecified atom stereocenters. The van der Waals surface area contributed by atoms with Gasteiger partial charge in [0.2, 0.25) is 0 Å². The maximum absolute atomic E-state index is 13.5. The molecule has 4 rings (SSSR count). The minimum atomic E-state index is -0.474. The van der Waals surface area contributed by atoms with Crippen molar-refractivity contribution in [2.75, 3.05) is 10.2 Å². The van der Waals surface area contributed by atoms with Crippen LogP contribution in [0, 0.1) is 0 Å². The van der Waals surface area contributed by atoms with Crippen LogP contribution >= 0.6 is 35.0 Å². The molecule has 1 aliphatic rings. The Kier molecular flexibility index (Phi) is 6.37. The molecule has 3 aromatic carbocycles. The van der Waals surface area contributed by atoms with E-state index in [9.17, 15) is 9.59 Å². The SMILES string of the molecule is CCc1ccccc1NC1=C(Sc2ccccc2)C(=O)N(c2cccc(Cl)c2Cl)C1=O. The van der Waals surface area contributed by atoms with E-state index in [1.54, 1.807) is 18.2 Å². The Bertz CT molecular complexity index is 1200. The number of nitrogens with one attached hydrogen (secondary N) is 1. The first kappa shape index (κ1) is 21.5. The highest BCUT2D eigenvalue weighted by Crippen LogP contribution is 2.41. The van der Waals surface area contributed by atoms with Crippen molar-refractivity contribution in [1.82, 2.24) is 0 Å². The molecule has 0 atom stereocenters. The Labute approximate surface area is 194 Å². The van der Waals surface area contributed by atoms with Crippen molar-refractivity contribution in [3.63, 3.8) is 0 Å². The molecule has 2 amide bonds. The van der Waals surface area contributed by atoms with E-state index in [-0.39, 0.29) is 21.4 Å². The molecule has 1 N–H and O–H groups in total. The fourth-order valence-corrected chi connectivity index (χ4v) is 4.62. The predicted octanol–water partition coefficient (Wildman–Crippen LogP) is 6.55. The smallest absolute Gasteiger partial charge is 0.283 e. The zero-order chi connectivity index (χ0) is 22.0. The molecule has 1 aliphatic heterocycles. The first-order chi connectivity index (χ1) is 15.0. The molecular weight excluding hydrogens is 451 g/mol. The van der Waals surface area contributed by atoms with E-state index >= 15 is 0 Å². The minimum absolute atomic E-state index is 0.158. The van der Waals surface area contributed by atoms with Gasteiger partial charge in [-0.2, -0.15) is 0 Å². The first-order valence-corrected chi connectivity index (χ1v) is 11.2. The lowest BCUT2D eigenvalue weighted by Crippen LogP contribution is -2.32. The minimum Gasteiger partial charge on any atom is -0.350 e. The monoisotopic (exact) mass is 468 g/mol. The number of halogens is 2. The van der Waals surface area contributed by atoms with Crippen LogP contribution in [0.1, 0.15) is 12.5 Å². The number of hydrogen-bond acceptors (Lipinski definition) is 4. The van der Waals surface area contributed by atoms with Gasteiger partial charge in [-0.25, -0.2) is 4.90 Å². The Hall–Kier alpha value is -2.73. The molecule has 1 heterocycles. The number of rotatable bonds is 6. The lowest BCUT2D eigenvalue weighted by atomic mass is 10.1. The average molecular weight is 469 g/mol. The van der Waals surface area contributed by atoms with Crippen molar-refractivity contribution in [2.45, 2.75) is 18.2 Å². The third-order valence-corrected chi connectivity index (χ3v) is 6.73. The molecule has 7 heteroatoms. The average Bonchev–Trinajstić information content (AvgIpc) is 3.01. The van der Waals surface area contributed by atoms with Crippen molar-refractivity contribution in [3.05, 3.63) is 99.0 Å². The molecule has 0 radical (unpaired) electrons. The summed E-state index contributed by atoms with van der Waals surface area (Å²) < 4.78 is 0. The van der Waals surface area contributed by atoms with Crippen LogP contribution in [0.2, 0.25) is 10.0 Å². The topological polar surface area (TPSA) is 49.4 Å². The molecule has 0 saturated heterocycles. The Morgan fingerprint density at radius 2 is 1.58 bits per heavy atom. The van der Waals surface area contributed by atoms with Gasteiger partial charge in [0.1, 0.15) is 10.6 Å². The molecule has 3 aromatic rings. The van der Waals surface area contributed by atoms with Gasteiger partial charge in [0, 0.05) is 10.6 Å². The number of para-hydroxylation sites is 1. The van der Waals surface area contributed by atoms with E-state index in [1.165, 1.54) is 11.8 Å². The van der Waals surface area contributed by atoms with Crippen LogP contribution in [-0.4, -0.2) is 11.8 Å². The number of aryl methyl sites for hydroxylation is 1. The molecular formula is C24H18Cl2N2O2S. The number of benzene rings is 3. The molecule has 4 nitrogen and oxygen atoms in total. The summed E-state index contributed by atoms with van der Waals surface area (Å²) in [4.78, 5) is 29.1. The number of hydrogen-bond donors (Lipinski definition) is 1. The van der Waals surface area contributed by atoms with Gasteiger partial charge in [-0.15, -0.1) is 0 Å². The Morgan fingerprint density at radius 3 is 2.32 bits per heavy atom. The predicted molar refractivity (Wildman–Crippen MR) is 128 cm³/mol. The number of nitrogens with zero attached hydrogens (tertiary/aromatic N) is 1. The number of amides is 2. The van der Waals surface area contributed by atoms with Gasteiger partial charge in [-0.1, -0.05) is 84.4 Å². The number of carbonyl (C=O) groups is 2. The molecule has 0 bridgehead atoms. The molecule has 156 valence electrons. The maximum atomic E-state index is 13.5. The summed E-state index contributed by atoms with van der Waals surface area (Å²) in [6.45, 7) is 2.04. The summed E-state index contributed by atoms with van der Waals surface area (Å²) in [6.07, 6.45) is 0.781. The molecule has 31 heavy (non-hydrogen) atoms. The van der Waals surface area contributed by atoms with E-state index in [2.05, 4.69) is 5.32 Å². The zero-order valence-electron chi connectivity index (χ0n) is 16.6. The highest BCUT2D eigenvalue weighted by Gasteiger charge is 2.41. The van der Waals surface area contributed by atoms with Crippen LogP contribution in [0.5, 0.6) is 0 Å². The van der Waals surface area contributed by atoms with E-state index in [1.807, 2.05) is 61.5 Å². The maximum Gasteiger partial charge on any atom is 0.283 e. The Balaban J connectivity index is 1.80. The molecule has 0 saturated carbocycles. The summed E-state index contributed by atoms with van der Waals surface area (Å²) in [5, 5.41) is 3.65.